The molecular formula is C13H18N2OS. The van der Waals surface area contributed by atoms with Crippen LogP contribution in [-0.2, 0) is 11.3 Å². The van der Waals surface area contributed by atoms with Gasteiger partial charge in [0.15, 0.2) is 0 Å². The Labute approximate surface area is 107 Å². The molecule has 1 aromatic rings. The lowest BCUT2D eigenvalue weighted by molar-refractivity contribution is -0.124. The van der Waals surface area contributed by atoms with E-state index in [4.69, 9.17) is 18.0 Å². The first-order valence-electron chi connectivity index (χ1n) is 5.71. The molecule has 1 atom stereocenters. The zero-order valence-corrected chi connectivity index (χ0v) is 11.0. The average Bonchev–Trinajstić information content (AvgIpc) is 2.35. The molecule has 17 heavy (non-hydrogen) atoms. The van der Waals surface area contributed by atoms with Crippen molar-refractivity contribution >= 4 is 23.1 Å². The van der Waals surface area contributed by atoms with E-state index in [2.05, 4.69) is 5.32 Å². The highest BCUT2D eigenvalue weighted by molar-refractivity contribution is 7.80. The molecule has 0 fully saturated rings. The van der Waals surface area contributed by atoms with Crippen LogP contribution in [0.1, 0.15) is 31.4 Å². The van der Waals surface area contributed by atoms with Gasteiger partial charge in [-0.25, -0.2) is 0 Å². The van der Waals surface area contributed by atoms with Crippen LogP contribution in [0.5, 0.6) is 0 Å². The molecule has 3 nitrogen and oxygen atoms in total. The predicted molar refractivity (Wildman–Crippen MR) is 73.6 cm³/mol. The smallest absolute Gasteiger partial charge is 0.223 e. The Morgan fingerprint density at radius 3 is 2.47 bits per heavy atom. The first kappa shape index (κ1) is 13.6. The Bertz CT molecular complexity index is 400. The minimum Gasteiger partial charge on any atom is -0.389 e. The summed E-state index contributed by atoms with van der Waals surface area (Å²) in [6.45, 7) is 4.47. The van der Waals surface area contributed by atoms with E-state index in [0.717, 1.165) is 17.5 Å². The molecule has 3 N–H and O–H groups in total. The van der Waals surface area contributed by atoms with Gasteiger partial charge in [-0.15, -0.1) is 0 Å². The molecule has 0 saturated carbocycles. The summed E-state index contributed by atoms with van der Waals surface area (Å²) < 4.78 is 0. The molecule has 0 saturated heterocycles. The maximum absolute atomic E-state index is 11.6. The molecule has 0 aliphatic carbocycles. The third-order valence-corrected chi connectivity index (χ3v) is 3.00. The number of nitrogens with two attached hydrogens (primary N) is 1. The van der Waals surface area contributed by atoms with Crippen LogP contribution in [0.3, 0.4) is 0 Å². The van der Waals surface area contributed by atoms with Crippen LogP contribution in [-0.4, -0.2) is 10.9 Å². The van der Waals surface area contributed by atoms with Crippen molar-refractivity contribution in [3.63, 3.8) is 0 Å². The van der Waals surface area contributed by atoms with Crippen molar-refractivity contribution in [3.8, 4) is 0 Å². The van der Waals surface area contributed by atoms with E-state index in [9.17, 15) is 4.79 Å². The number of amides is 1. The highest BCUT2D eigenvalue weighted by Gasteiger charge is 2.09. The van der Waals surface area contributed by atoms with Crippen LogP contribution in [0.25, 0.3) is 0 Å². The van der Waals surface area contributed by atoms with Gasteiger partial charge < -0.3 is 11.1 Å². The zero-order chi connectivity index (χ0) is 12.8. The van der Waals surface area contributed by atoms with E-state index >= 15 is 0 Å². The molecule has 4 heteroatoms. The van der Waals surface area contributed by atoms with E-state index in [0.29, 0.717) is 11.5 Å². The molecular weight excluding hydrogens is 232 g/mol. The number of carbonyl (C=O) groups excluding carboxylic acids is 1. The van der Waals surface area contributed by atoms with Crippen LogP contribution in [0.15, 0.2) is 24.3 Å². The fourth-order valence-electron chi connectivity index (χ4n) is 1.34. The topological polar surface area (TPSA) is 55.1 Å². The molecule has 0 radical (unpaired) electrons. The fourth-order valence-corrected chi connectivity index (χ4v) is 1.47. The van der Waals surface area contributed by atoms with Crippen molar-refractivity contribution in [1.82, 2.24) is 5.32 Å². The molecule has 0 aliphatic heterocycles. The van der Waals surface area contributed by atoms with E-state index in [1.54, 1.807) is 0 Å². The van der Waals surface area contributed by atoms with Crippen molar-refractivity contribution in [1.29, 1.82) is 0 Å². The maximum atomic E-state index is 11.6. The van der Waals surface area contributed by atoms with Crippen LogP contribution >= 0.6 is 12.2 Å². The molecule has 92 valence electrons. The predicted octanol–water partition coefficient (Wildman–Crippen LogP) is 1.98. The van der Waals surface area contributed by atoms with Gasteiger partial charge in [-0.2, -0.15) is 0 Å². The summed E-state index contributed by atoms with van der Waals surface area (Å²) in [5.74, 6) is 0.150. The monoisotopic (exact) mass is 250 g/mol. The minimum absolute atomic E-state index is 0.0610. The highest BCUT2D eigenvalue weighted by atomic mass is 32.1. The molecule has 0 heterocycles. The third kappa shape index (κ3) is 4.15. The summed E-state index contributed by atoms with van der Waals surface area (Å²) in [4.78, 5) is 12.0. The van der Waals surface area contributed by atoms with Gasteiger partial charge in [0.25, 0.3) is 0 Å². The number of thiocarbonyl (C=S) groups is 1. The molecule has 1 amide bonds. The minimum atomic E-state index is 0.0610. The van der Waals surface area contributed by atoms with Gasteiger partial charge >= 0.3 is 0 Å². The summed E-state index contributed by atoms with van der Waals surface area (Å²) in [5, 5.41) is 2.90. The van der Waals surface area contributed by atoms with Gasteiger partial charge in [0, 0.05) is 18.0 Å². The molecule has 0 bridgehead atoms. The maximum Gasteiger partial charge on any atom is 0.223 e. The van der Waals surface area contributed by atoms with E-state index in [-0.39, 0.29) is 11.8 Å². The van der Waals surface area contributed by atoms with Gasteiger partial charge in [-0.05, 0) is 12.0 Å². The van der Waals surface area contributed by atoms with Crippen LogP contribution in [0, 0.1) is 5.92 Å². The second kappa shape index (κ2) is 6.35. The number of hydrogen-bond acceptors (Lipinski definition) is 2. The zero-order valence-electron chi connectivity index (χ0n) is 10.2. The number of benzene rings is 1. The number of carbonyl (C=O) groups is 1. The van der Waals surface area contributed by atoms with Crippen molar-refractivity contribution in [3.05, 3.63) is 35.4 Å². The Balaban J connectivity index is 2.53. The van der Waals surface area contributed by atoms with Gasteiger partial charge in [0.2, 0.25) is 5.91 Å². The summed E-state index contributed by atoms with van der Waals surface area (Å²) >= 11 is 4.87. The standard InChI is InChI=1S/C13H18N2OS/c1-3-9(2)13(16)15-8-10-4-6-11(7-5-10)12(14)17/h4-7,9H,3,8H2,1-2H3,(H2,14,17)(H,15,16). The quantitative estimate of drug-likeness (QED) is 0.786. The van der Waals surface area contributed by atoms with Crippen molar-refractivity contribution in [2.45, 2.75) is 26.8 Å². The fraction of sp³-hybridized carbons (Fsp3) is 0.385. The highest BCUT2D eigenvalue weighted by Crippen LogP contribution is 2.05. The summed E-state index contributed by atoms with van der Waals surface area (Å²) in [5.41, 5.74) is 7.39. The molecule has 0 spiro atoms. The average molecular weight is 250 g/mol. The number of nitrogens with one attached hydrogen (secondary N) is 1. The largest absolute Gasteiger partial charge is 0.389 e. The Kier molecular flexibility index (Phi) is 5.10. The molecule has 1 unspecified atom stereocenters. The summed E-state index contributed by atoms with van der Waals surface area (Å²) in [7, 11) is 0. The lowest BCUT2D eigenvalue weighted by Gasteiger charge is -2.10. The van der Waals surface area contributed by atoms with Crippen molar-refractivity contribution in [2.24, 2.45) is 11.7 Å². The molecule has 0 aromatic heterocycles. The third-order valence-electron chi connectivity index (χ3n) is 2.77. The molecule has 1 aromatic carbocycles. The lowest BCUT2D eigenvalue weighted by atomic mass is 10.1. The van der Waals surface area contributed by atoms with Crippen molar-refractivity contribution < 1.29 is 4.79 Å². The van der Waals surface area contributed by atoms with Gasteiger partial charge in [-0.1, -0.05) is 50.3 Å². The van der Waals surface area contributed by atoms with Gasteiger partial charge in [0.05, 0.1) is 0 Å². The second-order valence-corrected chi connectivity index (χ2v) is 4.53. The number of hydrogen-bond donors (Lipinski definition) is 2. The number of rotatable bonds is 5. The molecule has 0 aliphatic rings. The summed E-state index contributed by atoms with van der Waals surface area (Å²) in [6, 6.07) is 7.58. The second-order valence-electron chi connectivity index (χ2n) is 4.09. The first-order valence-corrected chi connectivity index (χ1v) is 6.12. The Morgan fingerprint density at radius 2 is 2.00 bits per heavy atom. The van der Waals surface area contributed by atoms with E-state index < -0.39 is 0 Å². The first-order chi connectivity index (χ1) is 8.04. The Morgan fingerprint density at radius 1 is 1.41 bits per heavy atom. The van der Waals surface area contributed by atoms with Gasteiger partial charge in [-0.3, -0.25) is 4.79 Å². The SMILES string of the molecule is CCC(C)C(=O)NCc1ccc(C(N)=S)cc1. The van der Waals surface area contributed by atoms with E-state index in [1.807, 2.05) is 38.1 Å². The van der Waals surface area contributed by atoms with E-state index in [1.165, 1.54) is 0 Å². The van der Waals surface area contributed by atoms with Gasteiger partial charge in [0.1, 0.15) is 4.99 Å². The molecule has 1 rings (SSSR count). The normalized spacial score (nSPS) is 11.9. The van der Waals surface area contributed by atoms with Crippen molar-refractivity contribution in [2.75, 3.05) is 0 Å². The summed E-state index contributed by atoms with van der Waals surface area (Å²) in [6.07, 6.45) is 0.853. The lowest BCUT2D eigenvalue weighted by Crippen LogP contribution is -2.28. The Hall–Kier alpha value is -1.42. The van der Waals surface area contributed by atoms with Crippen LogP contribution in [0.2, 0.25) is 0 Å². The van der Waals surface area contributed by atoms with Crippen LogP contribution in [0.4, 0.5) is 0 Å². The van der Waals surface area contributed by atoms with Crippen LogP contribution < -0.4 is 11.1 Å².